The van der Waals surface area contributed by atoms with Gasteiger partial charge in [-0.15, -0.1) is 0 Å². The molecular weight excluding hydrogens is 274 g/mol. The van der Waals surface area contributed by atoms with E-state index in [4.69, 9.17) is 10.8 Å². The summed E-state index contributed by atoms with van der Waals surface area (Å²) in [6, 6.07) is 0. The Hall–Kier alpha value is -1.26. The van der Waals surface area contributed by atoms with Crippen LogP contribution in [0.3, 0.4) is 0 Å². The van der Waals surface area contributed by atoms with Gasteiger partial charge in [0.05, 0.1) is 0 Å². The van der Waals surface area contributed by atoms with E-state index in [9.17, 15) is 0 Å². The average molecular weight is 301 g/mol. The van der Waals surface area contributed by atoms with Gasteiger partial charge in [-0.25, -0.2) is 0 Å². The van der Waals surface area contributed by atoms with Crippen molar-refractivity contribution in [3.05, 3.63) is 0 Å². The standard InChI is InChI=1S/C17H27N5/c1-2-3-4-5-6-20-15(18)22-16(19)21-7-17-12-9-8-10(12)14(17)11(8)13(9)17/h8-14H,2-7H2,1H3,(H5,18,19,20,21,22)/t8?,9-,10+,11?,12-,13?,14?,17?. The van der Waals surface area contributed by atoms with Gasteiger partial charge in [-0.3, -0.25) is 16.1 Å². The second-order valence-corrected chi connectivity index (χ2v) is 8.22. The third-order valence-electron chi connectivity index (χ3n) is 7.84. The molecule has 0 aliphatic heterocycles. The average Bonchev–Trinajstić information content (AvgIpc) is 2.53. The molecule has 5 nitrogen and oxygen atoms in total. The lowest BCUT2D eigenvalue weighted by atomic mass is 8.96. The van der Waals surface area contributed by atoms with Gasteiger partial charge in [0.2, 0.25) is 0 Å². The molecule has 5 N–H and O–H groups in total. The van der Waals surface area contributed by atoms with E-state index >= 15 is 0 Å². The van der Waals surface area contributed by atoms with Crippen LogP contribution in [0.4, 0.5) is 0 Å². The zero-order chi connectivity index (χ0) is 15.1. The molecule has 0 bridgehead atoms. The van der Waals surface area contributed by atoms with Crippen LogP contribution < -0.4 is 16.0 Å². The Kier molecular flexibility index (Phi) is 2.51. The first kappa shape index (κ1) is 13.2. The van der Waals surface area contributed by atoms with Gasteiger partial charge in [0.15, 0.2) is 11.9 Å². The van der Waals surface area contributed by atoms with Crippen molar-refractivity contribution < 1.29 is 0 Å². The van der Waals surface area contributed by atoms with Gasteiger partial charge in [0.1, 0.15) is 0 Å². The summed E-state index contributed by atoms with van der Waals surface area (Å²) < 4.78 is 0. The van der Waals surface area contributed by atoms with Crippen LogP contribution in [0.2, 0.25) is 0 Å². The Morgan fingerprint density at radius 1 is 0.864 bits per heavy atom. The van der Waals surface area contributed by atoms with Crippen molar-refractivity contribution in [3.63, 3.8) is 0 Å². The van der Waals surface area contributed by atoms with E-state index in [0.717, 1.165) is 60.9 Å². The van der Waals surface area contributed by atoms with E-state index in [1.54, 1.807) is 0 Å². The fourth-order valence-corrected chi connectivity index (χ4v) is 7.24. The van der Waals surface area contributed by atoms with Gasteiger partial charge < -0.3 is 10.6 Å². The number of hydrogen-bond acceptors (Lipinski definition) is 2. The first-order valence-electron chi connectivity index (χ1n) is 9.13. The van der Waals surface area contributed by atoms with E-state index in [-0.39, 0.29) is 5.96 Å². The summed E-state index contributed by atoms with van der Waals surface area (Å²) >= 11 is 0. The van der Waals surface area contributed by atoms with Crippen molar-refractivity contribution in [2.24, 2.45) is 46.8 Å². The second-order valence-electron chi connectivity index (χ2n) is 8.22. The third-order valence-corrected chi connectivity index (χ3v) is 7.84. The zero-order valence-corrected chi connectivity index (χ0v) is 13.3. The summed E-state index contributed by atoms with van der Waals surface area (Å²) in [7, 11) is 0. The molecule has 0 heterocycles. The second kappa shape index (κ2) is 4.18. The number of guanidine groups is 2. The van der Waals surface area contributed by atoms with Crippen LogP contribution in [0, 0.1) is 57.7 Å². The van der Waals surface area contributed by atoms with Gasteiger partial charge in [-0.05, 0) is 53.3 Å². The molecule has 6 aliphatic carbocycles. The van der Waals surface area contributed by atoms with Crippen molar-refractivity contribution in [1.82, 2.24) is 16.0 Å². The molecule has 0 aromatic heterocycles. The monoisotopic (exact) mass is 301 g/mol. The quantitative estimate of drug-likeness (QED) is 0.281. The van der Waals surface area contributed by atoms with Crippen LogP contribution in [-0.2, 0) is 0 Å². The molecule has 0 atom stereocenters. The lowest BCUT2D eigenvalue weighted by Crippen LogP contribution is -3.06. The van der Waals surface area contributed by atoms with Crippen LogP contribution in [0.5, 0.6) is 0 Å². The maximum absolute atomic E-state index is 7.98. The highest BCUT2D eigenvalue weighted by molar-refractivity contribution is 5.95. The highest BCUT2D eigenvalue weighted by Crippen LogP contribution is 3.05. The van der Waals surface area contributed by atoms with Gasteiger partial charge in [-0.1, -0.05) is 26.2 Å². The molecule has 0 aromatic carbocycles. The Bertz CT molecular complexity index is 490. The molecule has 0 spiro atoms. The van der Waals surface area contributed by atoms with E-state index in [0.29, 0.717) is 11.4 Å². The maximum Gasteiger partial charge on any atom is 0.195 e. The van der Waals surface area contributed by atoms with Crippen molar-refractivity contribution in [1.29, 1.82) is 10.8 Å². The van der Waals surface area contributed by atoms with Crippen molar-refractivity contribution in [3.8, 4) is 0 Å². The summed E-state index contributed by atoms with van der Waals surface area (Å²) in [6.45, 7) is 3.99. The van der Waals surface area contributed by atoms with Gasteiger partial charge in [0, 0.05) is 13.1 Å². The van der Waals surface area contributed by atoms with Crippen LogP contribution in [-0.4, -0.2) is 25.0 Å². The molecule has 0 aromatic rings. The van der Waals surface area contributed by atoms with Crippen LogP contribution in [0.1, 0.15) is 32.6 Å². The molecule has 0 radical (unpaired) electrons. The van der Waals surface area contributed by atoms with Gasteiger partial charge >= 0.3 is 0 Å². The minimum Gasteiger partial charge on any atom is -0.356 e. The maximum atomic E-state index is 7.98. The first-order chi connectivity index (χ1) is 10.7. The van der Waals surface area contributed by atoms with Crippen molar-refractivity contribution >= 4 is 11.9 Å². The van der Waals surface area contributed by atoms with Crippen molar-refractivity contribution in [2.45, 2.75) is 32.6 Å². The lowest BCUT2D eigenvalue weighted by molar-refractivity contribution is -0.612. The Morgan fingerprint density at radius 2 is 1.50 bits per heavy atom. The SMILES string of the molecule is CCCCCCNC(=N)NC(=N)NCC12C3C4C1[C@H]1C4[C@@H]3[C@H]12. The largest absolute Gasteiger partial charge is 0.356 e. The van der Waals surface area contributed by atoms with Crippen molar-refractivity contribution in [2.75, 3.05) is 13.1 Å². The molecule has 6 fully saturated rings. The Balaban J connectivity index is 1.00. The van der Waals surface area contributed by atoms with E-state index in [1.807, 2.05) is 0 Å². The van der Waals surface area contributed by atoms with Crippen LogP contribution in [0.25, 0.3) is 0 Å². The fraction of sp³-hybridized carbons (Fsp3) is 0.882. The zero-order valence-electron chi connectivity index (χ0n) is 13.3. The van der Waals surface area contributed by atoms with Gasteiger partial charge in [0.25, 0.3) is 0 Å². The summed E-state index contributed by atoms with van der Waals surface area (Å²) in [5.74, 6) is 8.08. The highest BCUT2D eigenvalue weighted by atomic mass is 15.2. The molecule has 6 rings (SSSR count). The van der Waals surface area contributed by atoms with E-state index < -0.39 is 0 Å². The summed E-state index contributed by atoms with van der Waals surface area (Å²) in [5, 5.41) is 24.9. The number of unbranched alkanes of at least 4 members (excludes halogenated alkanes) is 3. The summed E-state index contributed by atoms with van der Waals surface area (Å²) in [6.07, 6.45) is 4.80. The Labute approximate surface area is 132 Å². The molecular formula is C17H27N5. The molecule has 22 heavy (non-hydrogen) atoms. The lowest BCUT2D eigenvalue weighted by Gasteiger charge is -3.08. The molecule has 0 unspecified atom stereocenters. The first-order valence-corrected chi connectivity index (χ1v) is 9.13. The fourth-order valence-electron chi connectivity index (χ4n) is 7.24. The smallest absolute Gasteiger partial charge is 0.195 e. The molecule has 0 saturated heterocycles. The molecule has 6 saturated carbocycles. The third kappa shape index (κ3) is 1.21. The van der Waals surface area contributed by atoms with E-state index in [2.05, 4.69) is 22.9 Å². The summed E-state index contributed by atoms with van der Waals surface area (Å²) in [5.41, 5.74) is 0.596. The topological polar surface area (TPSA) is 83.8 Å². The number of rotatable bonds is 7. The van der Waals surface area contributed by atoms with Crippen LogP contribution >= 0.6 is 0 Å². The van der Waals surface area contributed by atoms with E-state index in [1.165, 1.54) is 19.3 Å². The predicted molar refractivity (Wildman–Crippen MR) is 85.6 cm³/mol. The number of hydrogen-bond donors (Lipinski definition) is 5. The molecule has 6 aliphatic rings. The molecule has 0 amide bonds. The molecule has 120 valence electrons. The number of nitrogens with one attached hydrogen (secondary N) is 5. The minimum absolute atomic E-state index is 0.253. The van der Waals surface area contributed by atoms with Crippen LogP contribution in [0.15, 0.2) is 0 Å². The highest BCUT2D eigenvalue weighted by Gasteiger charge is 3.03. The predicted octanol–water partition coefficient (Wildman–Crippen LogP) is 1.57. The van der Waals surface area contributed by atoms with Gasteiger partial charge in [-0.2, -0.15) is 0 Å². The minimum atomic E-state index is 0.253. The Morgan fingerprint density at radius 3 is 2.14 bits per heavy atom. The normalized spacial score (nSPS) is 49.4. The summed E-state index contributed by atoms with van der Waals surface area (Å²) in [4.78, 5) is 0. The molecule has 5 heteroatoms.